The lowest BCUT2D eigenvalue weighted by molar-refractivity contribution is -0.121. The molecule has 0 aromatic heterocycles. The van der Waals surface area contributed by atoms with Gasteiger partial charge in [-0.2, -0.15) is 5.26 Å². The number of carbonyl (C=O) groups is 1. The fourth-order valence-electron chi connectivity index (χ4n) is 2.14. The summed E-state index contributed by atoms with van der Waals surface area (Å²) in [7, 11) is 0. The molecule has 4 heteroatoms. The lowest BCUT2D eigenvalue weighted by Gasteiger charge is -2.12. The minimum atomic E-state index is -0.678. The molecule has 3 nitrogen and oxygen atoms in total. The number of ketones is 1. The Kier molecular flexibility index (Phi) is 4.51. The third kappa shape index (κ3) is 3.18. The Hall–Kier alpha value is -1.18. The number of nitrogens with zero attached hydrogens (tertiary/aromatic N) is 1. The average Bonchev–Trinajstić information content (AvgIpc) is 2.85. The predicted molar refractivity (Wildman–Crippen MR) is 71.1 cm³/mol. The lowest BCUT2D eigenvalue weighted by Crippen LogP contribution is -2.18. The minimum absolute atomic E-state index is 0.00352. The molecule has 0 N–H and O–H groups in total. The molecule has 0 aliphatic carbocycles. The van der Waals surface area contributed by atoms with Crippen LogP contribution in [0.5, 0.6) is 0 Å². The van der Waals surface area contributed by atoms with Crippen molar-refractivity contribution in [2.75, 3.05) is 6.61 Å². The zero-order valence-corrected chi connectivity index (χ0v) is 11.5. The van der Waals surface area contributed by atoms with Gasteiger partial charge in [0.25, 0.3) is 0 Å². The van der Waals surface area contributed by atoms with Crippen molar-refractivity contribution in [3.05, 3.63) is 34.3 Å². The van der Waals surface area contributed by atoms with Crippen molar-refractivity contribution in [2.24, 2.45) is 0 Å². The number of benzene rings is 1. The molecule has 18 heavy (non-hydrogen) atoms. The standard InChI is InChI=1S/C14H14BrNO2/c15-11-5-3-10(4-6-11)13(9-16)14(17)8-12-2-1-7-18-12/h3-6,12-13H,1-2,7-8H2. The van der Waals surface area contributed by atoms with E-state index in [2.05, 4.69) is 22.0 Å². The van der Waals surface area contributed by atoms with Crippen molar-refractivity contribution >= 4 is 21.7 Å². The van der Waals surface area contributed by atoms with Crippen LogP contribution >= 0.6 is 15.9 Å². The van der Waals surface area contributed by atoms with Gasteiger partial charge in [0.2, 0.25) is 0 Å². The van der Waals surface area contributed by atoms with Crippen LogP contribution in [0.2, 0.25) is 0 Å². The predicted octanol–water partition coefficient (Wildman–Crippen LogP) is 3.19. The van der Waals surface area contributed by atoms with Gasteiger partial charge in [-0.05, 0) is 30.5 Å². The fraction of sp³-hybridized carbons (Fsp3) is 0.429. The maximum Gasteiger partial charge on any atom is 0.157 e. The van der Waals surface area contributed by atoms with E-state index in [4.69, 9.17) is 10.00 Å². The van der Waals surface area contributed by atoms with E-state index < -0.39 is 5.92 Å². The highest BCUT2D eigenvalue weighted by Gasteiger charge is 2.25. The summed E-state index contributed by atoms with van der Waals surface area (Å²) < 4.78 is 6.37. The molecule has 1 heterocycles. The van der Waals surface area contributed by atoms with E-state index in [1.807, 2.05) is 24.3 Å². The van der Waals surface area contributed by atoms with Gasteiger partial charge >= 0.3 is 0 Å². The minimum Gasteiger partial charge on any atom is -0.378 e. The number of carbonyl (C=O) groups excluding carboxylic acids is 1. The summed E-state index contributed by atoms with van der Waals surface area (Å²) >= 11 is 3.34. The van der Waals surface area contributed by atoms with E-state index in [0.29, 0.717) is 6.42 Å². The van der Waals surface area contributed by atoms with Gasteiger partial charge < -0.3 is 4.74 Å². The van der Waals surface area contributed by atoms with Gasteiger partial charge in [0.1, 0.15) is 5.92 Å². The third-order valence-electron chi connectivity index (χ3n) is 3.11. The SMILES string of the molecule is N#CC(C(=O)CC1CCCO1)c1ccc(Br)cc1. The van der Waals surface area contributed by atoms with Gasteiger partial charge in [-0.25, -0.2) is 0 Å². The number of hydrogen-bond donors (Lipinski definition) is 0. The van der Waals surface area contributed by atoms with Crippen LogP contribution in [0.1, 0.15) is 30.7 Å². The highest BCUT2D eigenvalue weighted by Crippen LogP contribution is 2.23. The molecule has 1 saturated heterocycles. The van der Waals surface area contributed by atoms with Crippen molar-refractivity contribution in [2.45, 2.75) is 31.3 Å². The quantitative estimate of drug-likeness (QED) is 0.858. The molecule has 2 rings (SSSR count). The van der Waals surface area contributed by atoms with Crippen LogP contribution < -0.4 is 0 Å². The molecule has 0 bridgehead atoms. The summed E-state index contributed by atoms with van der Waals surface area (Å²) in [6, 6.07) is 9.41. The average molecular weight is 308 g/mol. The molecular formula is C14H14BrNO2. The summed E-state index contributed by atoms with van der Waals surface area (Å²) in [5.74, 6) is -0.728. The van der Waals surface area contributed by atoms with Gasteiger partial charge in [-0.3, -0.25) is 4.79 Å². The number of rotatable bonds is 4. The van der Waals surface area contributed by atoms with E-state index in [9.17, 15) is 4.79 Å². The molecule has 0 radical (unpaired) electrons. The van der Waals surface area contributed by atoms with Crippen LogP contribution in [0.4, 0.5) is 0 Å². The zero-order chi connectivity index (χ0) is 13.0. The van der Waals surface area contributed by atoms with Crippen molar-refractivity contribution in [3.63, 3.8) is 0 Å². The highest BCUT2D eigenvalue weighted by molar-refractivity contribution is 9.10. The first kappa shape index (κ1) is 13.3. The van der Waals surface area contributed by atoms with E-state index in [1.54, 1.807) is 0 Å². The number of ether oxygens (including phenoxy) is 1. The molecular weight excluding hydrogens is 294 g/mol. The van der Waals surface area contributed by atoms with Gasteiger partial charge in [0.15, 0.2) is 5.78 Å². The second-order valence-corrected chi connectivity index (χ2v) is 5.33. The van der Waals surface area contributed by atoms with Crippen LogP contribution in [0.15, 0.2) is 28.7 Å². The largest absolute Gasteiger partial charge is 0.378 e. The van der Waals surface area contributed by atoms with E-state index in [0.717, 1.165) is 29.5 Å². The zero-order valence-electron chi connectivity index (χ0n) is 9.93. The fourth-order valence-corrected chi connectivity index (χ4v) is 2.40. The van der Waals surface area contributed by atoms with E-state index in [1.165, 1.54) is 0 Å². The van der Waals surface area contributed by atoms with Crippen LogP contribution in [0, 0.1) is 11.3 Å². The first-order valence-corrected chi connectivity index (χ1v) is 6.79. The number of halogens is 1. The first-order valence-electron chi connectivity index (χ1n) is 6.00. The van der Waals surface area contributed by atoms with Crippen molar-refractivity contribution in [1.82, 2.24) is 0 Å². The Bertz CT molecular complexity index is 458. The van der Waals surface area contributed by atoms with Gasteiger partial charge in [0, 0.05) is 17.5 Å². The van der Waals surface area contributed by atoms with Gasteiger partial charge in [-0.1, -0.05) is 28.1 Å². The Morgan fingerprint density at radius 3 is 2.78 bits per heavy atom. The summed E-state index contributed by atoms with van der Waals surface area (Å²) in [6.45, 7) is 0.730. The van der Waals surface area contributed by atoms with Crippen LogP contribution in [0.25, 0.3) is 0 Å². The molecule has 0 amide bonds. The third-order valence-corrected chi connectivity index (χ3v) is 3.64. The molecule has 1 aromatic carbocycles. The molecule has 1 aliphatic rings. The maximum absolute atomic E-state index is 12.1. The smallest absolute Gasteiger partial charge is 0.157 e. The van der Waals surface area contributed by atoms with Crippen molar-refractivity contribution < 1.29 is 9.53 Å². The van der Waals surface area contributed by atoms with Crippen LogP contribution in [-0.4, -0.2) is 18.5 Å². The Morgan fingerprint density at radius 1 is 1.50 bits per heavy atom. The number of hydrogen-bond acceptors (Lipinski definition) is 3. The Labute approximate surface area is 115 Å². The molecule has 1 aromatic rings. The molecule has 1 aliphatic heterocycles. The molecule has 0 saturated carbocycles. The monoisotopic (exact) mass is 307 g/mol. The molecule has 94 valence electrons. The Morgan fingerprint density at radius 2 is 2.22 bits per heavy atom. The van der Waals surface area contributed by atoms with Crippen LogP contribution in [-0.2, 0) is 9.53 Å². The number of Topliss-reactive ketones (excluding diaryl/α,β-unsaturated/α-hetero) is 1. The topological polar surface area (TPSA) is 50.1 Å². The Balaban J connectivity index is 2.06. The summed E-state index contributed by atoms with van der Waals surface area (Å²) in [6.07, 6.45) is 2.27. The normalized spacial score (nSPS) is 20.3. The van der Waals surface area contributed by atoms with E-state index in [-0.39, 0.29) is 11.9 Å². The summed E-state index contributed by atoms with van der Waals surface area (Å²) in [5.41, 5.74) is 0.753. The molecule has 2 unspecified atom stereocenters. The second kappa shape index (κ2) is 6.12. The van der Waals surface area contributed by atoms with E-state index >= 15 is 0 Å². The number of nitriles is 1. The highest BCUT2D eigenvalue weighted by atomic mass is 79.9. The first-order chi connectivity index (χ1) is 8.70. The summed E-state index contributed by atoms with van der Waals surface area (Å²) in [5, 5.41) is 9.17. The summed E-state index contributed by atoms with van der Waals surface area (Å²) in [4.78, 5) is 12.1. The molecule has 2 atom stereocenters. The van der Waals surface area contributed by atoms with Crippen molar-refractivity contribution in [3.8, 4) is 6.07 Å². The molecule has 0 spiro atoms. The van der Waals surface area contributed by atoms with Crippen molar-refractivity contribution in [1.29, 1.82) is 5.26 Å². The second-order valence-electron chi connectivity index (χ2n) is 4.42. The van der Waals surface area contributed by atoms with Crippen LogP contribution in [0.3, 0.4) is 0 Å². The maximum atomic E-state index is 12.1. The molecule has 1 fully saturated rings. The van der Waals surface area contributed by atoms with Gasteiger partial charge in [0.05, 0.1) is 12.2 Å². The lowest BCUT2D eigenvalue weighted by atomic mass is 9.92. The van der Waals surface area contributed by atoms with Gasteiger partial charge in [-0.15, -0.1) is 0 Å².